The van der Waals surface area contributed by atoms with Gasteiger partial charge in [0, 0.05) is 30.1 Å². The van der Waals surface area contributed by atoms with Crippen molar-refractivity contribution in [3.05, 3.63) is 63.3 Å². The molecule has 1 aliphatic heterocycles. The van der Waals surface area contributed by atoms with E-state index < -0.39 is 0 Å². The average molecular weight is 410 g/mol. The lowest BCUT2D eigenvalue weighted by Gasteiger charge is -2.31. The molecule has 0 saturated carbocycles. The molecule has 6 heteroatoms. The number of ether oxygens (including phenoxy) is 1. The number of aromatic nitrogens is 1. The molecule has 24 heavy (non-hydrogen) atoms. The Bertz CT molecular complexity index is 705. The second kappa shape index (κ2) is 8.10. The zero-order valence-corrected chi connectivity index (χ0v) is 15.4. The van der Waals surface area contributed by atoms with E-state index in [0.717, 1.165) is 36.1 Å². The van der Waals surface area contributed by atoms with Crippen molar-refractivity contribution in [3.8, 4) is 0 Å². The summed E-state index contributed by atoms with van der Waals surface area (Å²) >= 11 is 9.58. The smallest absolute Gasteiger partial charge is 0.253 e. The summed E-state index contributed by atoms with van der Waals surface area (Å²) in [5.74, 6) is 0.138. The van der Waals surface area contributed by atoms with Crippen LogP contribution in [0.2, 0.25) is 5.02 Å². The third kappa shape index (κ3) is 4.15. The summed E-state index contributed by atoms with van der Waals surface area (Å²) in [4.78, 5) is 17.0. The van der Waals surface area contributed by atoms with E-state index in [0.29, 0.717) is 16.5 Å². The van der Waals surface area contributed by atoms with Gasteiger partial charge in [0.15, 0.2) is 0 Å². The van der Waals surface area contributed by atoms with Gasteiger partial charge in [-0.05, 0) is 48.6 Å². The molecule has 126 valence electrons. The van der Waals surface area contributed by atoms with Gasteiger partial charge in [0.2, 0.25) is 0 Å². The summed E-state index contributed by atoms with van der Waals surface area (Å²) in [6.45, 7) is 1.43. The topological polar surface area (TPSA) is 51.2 Å². The Morgan fingerprint density at radius 3 is 2.83 bits per heavy atom. The fraction of sp³-hybridized carbons (Fsp3) is 0.333. The minimum absolute atomic E-state index is 0.106. The van der Waals surface area contributed by atoms with Crippen molar-refractivity contribution < 1.29 is 9.53 Å². The highest BCUT2D eigenvalue weighted by molar-refractivity contribution is 9.10. The van der Waals surface area contributed by atoms with Crippen LogP contribution in [-0.2, 0) is 4.74 Å². The van der Waals surface area contributed by atoms with Crippen molar-refractivity contribution in [2.45, 2.75) is 18.9 Å². The molecule has 0 bridgehead atoms. The molecule has 3 rings (SSSR count). The van der Waals surface area contributed by atoms with Gasteiger partial charge in [-0.3, -0.25) is 9.78 Å². The molecule has 2 heterocycles. The van der Waals surface area contributed by atoms with Crippen LogP contribution in [0.25, 0.3) is 0 Å². The van der Waals surface area contributed by atoms with E-state index in [9.17, 15) is 4.79 Å². The van der Waals surface area contributed by atoms with Crippen LogP contribution in [0.4, 0.5) is 0 Å². The number of carbonyl (C=O) groups is 1. The lowest BCUT2D eigenvalue weighted by molar-refractivity contribution is 0.0513. The second-order valence-corrected chi connectivity index (χ2v) is 7.13. The number of hydrogen-bond acceptors (Lipinski definition) is 3. The summed E-state index contributed by atoms with van der Waals surface area (Å²) in [6, 6.07) is 9.05. The molecular formula is C18H18BrClN2O2. The first-order chi connectivity index (χ1) is 11.6. The Hall–Kier alpha value is -1.43. The zero-order chi connectivity index (χ0) is 16.9. The maximum Gasteiger partial charge on any atom is 0.253 e. The standard InChI is InChI=1S/C18H18BrClN2O2/c19-14-3-4-16(20)15(10-14)18(23)22-17(12-5-8-24-9-6-12)13-2-1-7-21-11-13/h1-4,7,10-12,17H,5-6,8-9H2,(H,22,23). The third-order valence-electron chi connectivity index (χ3n) is 4.24. The Kier molecular flexibility index (Phi) is 5.87. The summed E-state index contributed by atoms with van der Waals surface area (Å²) in [5.41, 5.74) is 1.47. The lowest BCUT2D eigenvalue weighted by Crippen LogP contribution is -2.36. The van der Waals surface area contributed by atoms with Crippen molar-refractivity contribution in [1.82, 2.24) is 10.3 Å². The van der Waals surface area contributed by atoms with Gasteiger partial charge in [-0.1, -0.05) is 33.6 Å². The molecule has 1 aromatic heterocycles. The van der Waals surface area contributed by atoms with Gasteiger partial charge < -0.3 is 10.1 Å². The van der Waals surface area contributed by atoms with E-state index in [2.05, 4.69) is 26.2 Å². The molecule has 0 radical (unpaired) electrons. The Morgan fingerprint density at radius 1 is 1.33 bits per heavy atom. The van der Waals surface area contributed by atoms with Gasteiger partial charge in [-0.25, -0.2) is 0 Å². The summed E-state index contributed by atoms with van der Waals surface area (Å²) < 4.78 is 6.27. The van der Waals surface area contributed by atoms with Crippen LogP contribution >= 0.6 is 27.5 Å². The van der Waals surface area contributed by atoms with Crippen LogP contribution in [0.5, 0.6) is 0 Å². The monoisotopic (exact) mass is 408 g/mol. The van der Waals surface area contributed by atoms with Gasteiger partial charge >= 0.3 is 0 Å². The van der Waals surface area contributed by atoms with E-state index in [4.69, 9.17) is 16.3 Å². The van der Waals surface area contributed by atoms with Crippen LogP contribution in [0.3, 0.4) is 0 Å². The number of rotatable bonds is 4. The molecule has 1 saturated heterocycles. The van der Waals surface area contributed by atoms with E-state index in [1.54, 1.807) is 18.3 Å². The third-order valence-corrected chi connectivity index (χ3v) is 5.06. The van der Waals surface area contributed by atoms with Gasteiger partial charge in [0.05, 0.1) is 16.6 Å². The molecule has 4 nitrogen and oxygen atoms in total. The number of nitrogens with zero attached hydrogens (tertiary/aromatic N) is 1. The first kappa shape index (κ1) is 17.4. The Morgan fingerprint density at radius 2 is 2.12 bits per heavy atom. The summed E-state index contributed by atoms with van der Waals surface area (Å²) in [6.07, 6.45) is 5.36. The molecule has 1 fully saturated rings. The average Bonchev–Trinajstić information content (AvgIpc) is 2.63. The number of nitrogens with one attached hydrogen (secondary N) is 1. The van der Waals surface area contributed by atoms with Crippen molar-refractivity contribution in [1.29, 1.82) is 0 Å². The number of pyridine rings is 1. The highest BCUT2D eigenvalue weighted by atomic mass is 79.9. The molecular weight excluding hydrogens is 392 g/mol. The number of halogens is 2. The van der Waals surface area contributed by atoms with Crippen molar-refractivity contribution >= 4 is 33.4 Å². The summed E-state index contributed by atoms with van der Waals surface area (Å²) in [7, 11) is 0. The first-order valence-corrected chi connectivity index (χ1v) is 9.06. The maximum atomic E-state index is 12.8. The second-order valence-electron chi connectivity index (χ2n) is 5.81. The fourth-order valence-electron chi connectivity index (χ4n) is 2.97. The highest BCUT2D eigenvalue weighted by Gasteiger charge is 2.28. The lowest BCUT2D eigenvalue weighted by atomic mass is 9.87. The molecule has 0 aliphatic carbocycles. The summed E-state index contributed by atoms with van der Waals surface area (Å²) in [5, 5.41) is 3.59. The highest BCUT2D eigenvalue weighted by Crippen LogP contribution is 2.31. The number of benzene rings is 1. The Labute approximate surface area is 154 Å². The largest absolute Gasteiger partial charge is 0.381 e. The fourth-order valence-corrected chi connectivity index (χ4v) is 3.54. The quantitative estimate of drug-likeness (QED) is 0.814. The van der Waals surface area contributed by atoms with E-state index >= 15 is 0 Å². The van der Waals surface area contributed by atoms with Gasteiger partial charge in [-0.2, -0.15) is 0 Å². The van der Waals surface area contributed by atoms with Gasteiger partial charge in [0.1, 0.15) is 0 Å². The van der Waals surface area contributed by atoms with Crippen molar-refractivity contribution in [3.63, 3.8) is 0 Å². The van der Waals surface area contributed by atoms with Crippen LogP contribution in [-0.4, -0.2) is 24.1 Å². The number of carbonyl (C=O) groups excluding carboxylic acids is 1. The minimum Gasteiger partial charge on any atom is -0.381 e. The molecule has 2 aromatic rings. The van der Waals surface area contributed by atoms with Crippen molar-refractivity contribution in [2.24, 2.45) is 5.92 Å². The molecule has 1 aliphatic rings. The molecule has 1 atom stereocenters. The van der Waals surface area contributed by atoms with Crippen LogP contribution in [0.1, 0.15) is 34.8 Å². The SMILES string of the molecule is O=C(NC(c1cccnc1)C1CCOCC1)c1cc(Br)ccc1Cl. The van der Waals surface area contributed by atoms with Crippen LogP contribution < -0.4 is 5.32 Å². The number of hydrogen-bond donors (Lipinski definition) is 1. The van der Waals surface area contributed by atoms with Crippen molar-refractivity contribution in [2.75, 3.05) is 13.2 Å². The predicted octanol–water partition coefficient (Wildman–Crippen LogP) is 4.40. The molecule has 1 unspecified atom stereocenters. The maximum absolute atomic E-state index is 12.8. The normalized spacial score (nSPS) is 16.6. The first-order valence-electron chi connectivity index (χ1n) is 7.89. The molecule has 1 amide bonds. The molecule has 1 aromatic carbocycles. The Balaban J connectivity index is 1.85. The van der Waals surface area contributed by atoms with Gasteiger partial charge in [0.25, 0.3) is 5.91 Å². The van der Waals surface area contributed by atoms with E-state index in [1.165, 1.54) is 0 Å². The van der Waals surface area contributed by atoms with E-state index in [-0.39, 0.29) is 11.9 Å². The molecule has 1 N–H and O–H groups in total. The number of amides is 1. The minimum atomic E-state index is -0.179. The van der Waals surface area contributed by atoms with E-state index in [1.807, 2.05) is 24.4 Å². The molecule has 0 spiro atoms. The zero-order valence-electron chi connectivity index (χ0n) is 13.0. The van der Waals surface area contributed by atoms with Crippen LogP contribution in [0, 0.1) is 5.92 Å². The van der Waals surface area contributed by atoms with Gasteiger partial charge in [-0.15, -0.1) is 0 Å². The van der Waals surface area contributed by atoms with Crippen LogP contribution in [0.15, 0.2) is 47.2 Å². The predicted molar refractivity (Wildman–Crippen MR) is 97.1 cm³/mol.